The van der Waals surface area contributed by atoms with Gasteiger partial charge in [0.1, 0.15) is 0 Å². The van der Waals surface area contributed by atoms with E-state index in [0.717, 1.165) is 73.5 Å². The molecule has 12 heteroatoms. The number of amides is 2. The summed E-state index contributed by atoms with van der Waals surface area (Å²) < 4.78 is 19.5. The van der Waals surface area contributed by atoms with Gasteiger partial charge in [0.25, 0.3) is 5.91 Å². The number of fused-ring (bicyclic) bond motifs is 3. The first-order chi connectivity index (χ1) is 26.1. The van der Waals surface area contributed by atoms with Crippen LogP contribution in [0.4, 0.5) is 5.69 Å². The third-order valence-electron chi connectivity index (χ3n) is 12.7. The number of aromatic nitrogens is 1. The standard InChI is InChI=1S/C42H53ClN4O7/c1-26-9-16-34-27(2)39(51-40-42(34)33(26)17-19-41(3,52-40)53-54-42)50-25-28-10-12-29(13-11-28)38(49)47(24-37(48)46-31-7-5-4-6-8-31)22-21-45-35-18-20-44-36-23-30(43)14-15-32(35)36/h10-15,18,20,23,26-27,31,33-34,39-40H,4-9,16-17,19,21-22,24-25H2,1-3H3,(H,44,45)(H,46,48)/t26-,27-,33+,34+,39?,40-,41+,42-/m1/s1. The molecule has 3 aromatic rings. The molecular weight excluding hydrogens is 708 g/mol. The molecule has 2 saturated carbocycles. The van der Waals surface area contributed by atoms with Crippen LogP contribution in [0.15, 0.2) is 54.7 Å². The summed E-state index contributed by atoms with van der Waals surface area (Å²) in [7, 11) is 0. The fourth-order valence-corrected chi connectivity index (χ4v) is 9.88. The monoisotopic (exact) mass is 760 g/mol. The minimum Gasteiger partial charge on any atom is -0.383 e. The van der Waals surface area contributed by atoms with E-state index in [-0.39, 0.29) is 36.2 Å². The van der Waals surface area contributed by atoms with Gasteiger partial charge in [-0.3, -0.25) is 14.6 Å². The van der Waals surface area contributed by atoms with Gasteiger partial charge in [-0.15, -0.1) is 0 Å². The normalized spacial score (nSPS) is 32.1. The number of halogens is 1. The summed E-state index contributed by atoms with van der Waals surface area (Å²) in [6.45, 7) is 7.48. The molecule has 1 unspecified atom stereocenters. The zero-order valence-electron chi connectivity index (χ0n) is 31.6. The van der Waals surface area contributed by atoms with Crippen molar-refractivity contribution in [2.24, 2.45) is 23.7 Å². The molecule has 4 saturated heterocycles. The molecule has 2 amide bonds. The maximum atomic E-state index is 14.0. The molecule has 2 N–H and O–H groups in total. The summed E-state index contributed by atoms with van der Waals surface area (Å²) in [6, 6.07) is 15.1. The number of hydrogen-bond acceptors (Lipinski definition) is 9. The fourth-order valence-electron chi connectivity index (χ4n) is 9.71. The van der Waals surface area contributed by atoms with Gasteiger partial charge in [0, 0.05) is 65.2 Å². The van der Waals surface area contributed by atoms with Gasteiger partial charge >= 0.3 is 0 Å². The molecular formula is C42H53ClN4O7. The summed E-state index contributed by atoms with van der Waals surface area (Å²) in [5.74, 6) is -0.153. The van der Waals surface area contributed by atoms with Gasteiger partial charge in [0.2, 0.25) is 11.7 Å². The van der Waals surface area contributed by atoms with Crippen LogP contribution < -0.4 is 10.6 Å². The number of pyridine rings is 1. The highest BCUT2D eigenvalue weighted by Crippen LogP contribution is 2.60. The molecule has 2 bridgehead atoms. The van der Waals surface area contributed by atoms with E-state index >= 15 is 0 Å². The average Bonchev–Trinajstić information content (AvgIpc) is 3.41. The number of nitrogens with one attached hydrogen (secondary N) is 2. The molecule has 1 aromatic heterocycles. The molecule has 2 aliphatic carbocycles. The van der Waals surface area contributed by atoms with Crippen LogP contribution in [0.1, 0.15) is 94.5 Å². The van der Waals surface area contributed by atoms with Gasteiger partial charge < -0.3 is 29.7 Å². The lowest BCUT2D eigenvalue weighted by molar-refractivity contribution is -0.577. The zero-order valence-corrected chi connectivity index (χ0v) is 32.3. The average molecular weight is 761 g/mol. The first kappa shape index (κ1) is 37.6. The maximum Gasteiger partial charge on any atom is 0.254 e. The number of ether oxygens (including phenoxy) is 3. The molecule has 54 heavy (non-hydrogen) atoms. The number of carbonyl (C=O) groups is 2. The van der Waals surface area contributed by atoms with E-state index < -0.39 is 24.0 Å². The molecule has 9 rings (SSSR count). The quantitative estimate of drug-likeness (QED) is 0.190. The molecule has 6 fully saturated rings. The SMILES string of the molecule is C[C@@H]1CC[C@H]2[C@@H](C)C(OCc3ccc(C(=O)N(CCNc4ccnc5cc(Cl)ccc45)CC(=O)NC4CCCCC4)cc3)O[C@@H]3O[C@]4(C)CC[C@@H]1[C@]32OO4. The van der Waals surface area contributed by atoms with Gasteiger partial charge in [-0.1, -0.05) is 56.8 Å². The Labute approximate surface area is 322 Å². The molecule has 2 aromatic carbocycles. The highest BCUT2D eigenvalue weighted by atomic mass is 35.5. The first-order valence-electron chi connectivity index (χ1n) is 19.9. The Morgan fingerprint density at radius 3 is 2.61 bits per heavy atom. The minimum absolute atomic E-state index is 0.0230. The van der Waals surface area contributed by atoms with Crippen molar-refractivity contribution in [1.29, 1.82) is 0 Å². The Hall–Kier alpha value is -3.32. The zero-order chi connectivity index (χ0) is 37.5. The van der Waals surface area contributed by atoms with Gasteiger partial charge in [-0.2, -0.15) is 0 Å². The predicted molar refractivity (Wildman–Crippen MR) is 204 cm³/mol. The lowest BCUT2D eigenvalue weighted by Crippen LogP contribution is -2.70. The number of benzene rings is 2. The van der Waals surface area contributed by atoms with Crippen molar-refractivity contribution >= 4 is 40.0 Å². The highest BCUT2D eigenvalue weighted by molar-refractivity contribution is 6.31. The van der Waals surface area contributed by atoms with Crippen molar-refractivity contribution in [1.82, 2.24) is 15.2 Å². The minimum atomic E-state index is -0.840. The summed E-state index contributed by atoms with van der Waals surface area (Å²) in [5, 5.41) is 8.17. The maximum absolute atomic E-state index is 14.0. The molecule has 290 valence electrons. The second kappa shape index (κ2) is 15.7. The number of nitrogens with zero attached hydrogens (tertiary/aromatic N) is 2. The summed E-state index contributed by atoms with van der Waals surface area (Å²) in [4.78, 5) is 45.5. The summed E-state index contributed by atoms with van der Waals surface area (Å²) in [6.07, 6.45) is 9.94. The molecule has 11 nitrogen and oxygen atoms in total. The van der Waals surface area contributed by atoms with Gasteiger partial charge in [0.15, 0.2) is 18.2 Å². The Bertz CT molecular complexity index is 1820. The largest absolute Gasteiger partial charge is 0.383 e. The Balaban J connectivity index is 0.925. The van der Waals surface area contributed by atoms with Crippen LogP contribution >= 0.6 is 11.6 Å². The summed E-state index contributed by atoms with van der Waals surface area (Å²) in [5.41, 5.74) is 2.46. The lowest BCUT2D eigenvalue weighted by Gasteiger charge is -2.60. The van der Waals surface area contributed by atoms with Crippen LogP contribution in [0.5, 0.6) is 0 Å². The Morgan fingerprint density at radius 1 is 0.981 bits per heavy atom. The van der Waals surface area contributed by atoms with E-state index in [1.165, 1.54) is 6.42 Å². The smallest absolute Gasteiger partial charge is 0.254 e. The van der Waals surface area contributed by atoms with Gasteiger partial charge in [0.05, 0.1) is 18.7 Å². The second-order valence-corrected chi connectivity index (χ2v) is 16.8. The molecule has 0 radical (unpaired) electrons. The fraction of sp³-hybridized carbons (Fsp3) is 0.595. The Kier molecular flexibility index (Phi) is 10.9. The van der Waals surface area contributed by atoms with E-state index in [1.54, 1.807) is 11.1 Å². The van der Waals surface area contributed by atoms with E-state index in [1.807, 2.05) is 55.5 Å². The van der Waals surface area contributed by atoms with Crippen molar-refractivity contribution in [3.8, 4) is 0 Å². The molecule has 1 spiro atoms. The predicted octanol–water partition coefficient (Wildman–Crippen LogP) is 7.62. The first-order valence-corrected chi connectivity index (χ1v) is 20.3. The van der Waals surface area contributed by atoms with Crippen LogP contribution in [0.3, 0.4) is 0 Å². The van der Waals surface area contributed by atoms with Crippen LogP contribution in [0.25, 0.3) is 10.9 Å². The van der Waals surface area contributed by atoms with Gasteiger partial charge in [-0.05, 0) is 92.8 Å². The van der Waals surface area contributed by atoms with E-state index in [9.17, 15) is 9.59 Å². The third kappa shape index (κ3) is 7.47. The summed E-state index contributed by atoms with van der Waals surface area (Å²) >= 11 is 6.19. The van der Waals surface area contributed by atoms with Crippen LogP contribution in [0, 0.1) is 23.7 Å². The van der Waals surface area contributed by atoms with Crippen molar-refractivity contribution in [2.75, 3.05) is 25.0 Å². The van der Waals surface area contributed by atoms with E-state index in [4.69, 9.17) is 35.6 Å². The number of hydrogen-bond donors (Lipinski definition) is 2. The highest BCUT2D eigenvalue weighted by Gasteiger charge is 2.69. The topological polar surface area (TPSA) is 120 Å². The molecule has 5 heterocycles. The van der Waals surface area contributed by atoms with E-state index in [0.29, 0.717) is 42.1 Å². The van der Waals surface area contributed by atoms with Crippen LogP contribution in [-0.4, -0.2) is 71.3 Å². The van der Waals surface area contributed by atoms with Gasteiger partial charge in [-0.25, -0.2) is 9.78 Å². The van der Waals surface area contributed by atoms with Crippen molar-refractivity contribution in [2.45, 2.75) is 115 Å². The molecule has 8 atom stereocenters. The van der Waals surface area contributed by atoms with Crippen LogP contribution in [-0.2, 0) is 35.4 Å². The van der Waals surface area contributed by atoms with E-state index in [2.05, 4.69) is 29.5 Å². The Morgan fingerprint density at radius 2 is 1.80 bits per heavy atom. The molecule has 4 aliphatic heterocycles. The lowest BCUT2D eigenvalue weighted by atomic mass is 9.58. The van der Waals surface area contributed by atoms with Crippen molar-refractivity contribution < 1.29 is 33.6 Å². The number of carbonyl (C=O) groups excluding carboxylic acids is 2. The third-order valence-corrected chi connectivity index (χ3v) is 12.9. The van der Waals surface area contributed by atoms with Crippen molar-refractivity contribution in [3.63, 3.8) is 0 Å². The number of rotatable bonds is 11. The number of anilines is 1. The van der Waals surface area contributed by atoms with Crippen molar-refractivity contribution in [3.05, 3.63) is 70.9 Å². The van der Waals surface area contributed by atoms with Crippen LogP contribution in [0.2, 0.25) is 5.02 Å². The second-order valence-electron chi connectivity index (χ2n) is 16.4. The molecule has 6 aliphatic rings.